The van der Waals surface area contributed by atoms with E-state index in [4.69, 9.17) is 0 Å². The van der Waals surface area contributed by atoms with Crippen LogP contribution >= 0.6 is 0 Å². The molecule has 2 aromatic rings. The number of hydrazone groups is 1. The number of nitrogens with zero attached hydrogens (tertiary/aromatic N) is 5. The minimum Gasteiger partial charge on any atom is -0.245 e. The van der Waals surface area contributed by atoms with E-state index >= 15 is 0 Å². The lowest BCUT2D eigenvalue weighted by Gasteiger charge is -2.09. The Bertz CT molecular complexity index is 791. The van der Waals surface area contributed by atoms with Gasteiger partial charge in [-0.3, -0.25) is 0 Å². The Morgan fingerprint density at radius 2 is 2.04 bits per heavy atom. The van der Waals surface area contributed by atoms with Crippen molar-refractivity contribution < 1.29 is 17.6 Å². The van der Waals surface area contributed by atoms with Gasteiger partial charge in [-0.15, -0.1) is 0 Å². The summed E-state index contributed by atoms with van der Waals surface area (Å²) >= 11 is 0. The molecule has 0 bridgehead atoms. The molecule has 1 aliphatic carbocycles. The number of nitrogens with one attached hydrogen (secondary N) is 1. The number of anilines is 1. The second kappa shape index (κ2) is 5.84. The monoisotopic (exact) mass is 342 g/mol. The van der Waals surface area contributed by atoms with E-state index in [0.29, 0.717) is 11.4 Å². The van der Waals surface area contributed by atoms with Gasteiger partial charge in [-0.05, 0) is 25.8 Å². The first kappa shape index (κ1) is 16.3. The van der Waals surface area contributed by atoms with Gasteiger partial charge in [-0.1, -0.05) is 0 Å². The molecule has 3 rings (SSSR count). The van der Waals surface area contributed by atoms with E-state index in [2.05, 4.69) is 25.6 Å². The molecule has 1 aliphatic rings. The Morgan fingerprint density at radius 3 is 2.58 bits per heavy atom. The van der Waals surface area contributed by atoms with E-state index < -0.39 is 17.8 Å². The molecule has 0 aliphatic heterocycles. The Morgan fingerprint density at radius 1 is 1.33 bits per heavy atom. The lowest BCUT2D eigenvalue weighted by Crippen LogP contribution is -2.12. The molecule has 0 amide bonds. The van der Waals surface area contributed by atoms with Gasteiger partial charge in [0.15, 0.2) is 0 Å². The van der Waals surface area contributed by atoms with Crippen LogP contribution in [-0.2, 0) is 13.2 Å². The molecule has 0 aromatic carbocycles. The maximum Gasteiger partial charge on any atom is 0.433 e. The third-order valence-corrected chi connectivity index (χ3v) is 3.59. The number of halogens is 4. The highest BCUT2D eigenvalue weighted by Gasteiger charge is 2.36. The smallest absolute Gasteiger partial charge is 0.245 e. The highest BCUT2D eigenvalue weighted by Crippen LogP contribution is 2.41. The summed E-state index contributed by atoms with van der Waals surface area (Å²) in [6.07, 6.45) is -1.83. The van der Waals surface area contributed by atoms with Gasteiger partial charge in [0.05, 0.1) is 17.5 Å². The van der Waals surface area contributed by atoms with Crippen molar-refractivity contribution in [3.8, 4) is 0 Å². The zero-order chi connectivity index (χ0) is 17.5. The van der Waals surface area contributed by atoms with Crippen LogP contribution in [0.2, 0.25) is 0 Å². The number of hydrogen-bond acceptors (Lipinski definition) is 5. The first-order valence-electron chi connectivity index (χ1n) is 7.20. The Labute approximate surface area is 134 Å². The Kier molecular flexibility index (Phi) is 3.98. The van der Waals surface area contributed by atoms with Crippen molar-refractivity contribution in [3.05, 3.63) is 34.7 Å². The van der Waals surface area contributed by atoms with E-state index in [1.165, 1.54) is 7.05 Å². The molecule has 0 unspecified atom stereocenters. The second-order valence-electron chi connectivity index (χ2n) is 5.56. The van der Waals surface area contributed by atoms with Crippen LogP contribution in [0, 0.1) is 12.9 Å². The average molecular weight is 342 g/mol. The van der Waals surface area contributed by atoms with E-state index in [-0.39, 0.29) is 17.4 Å². The predicted molar refractivity (Wildman–Crippen MR) is 78.1 cm³/mol. The highest BCUT2D eigenvalue weighted by atomic mass is 19.4. The molecule has 128 valence electrons. The highest BCUT2D eigenvalue weighted by molar-refractivity contribution is 5.81. The van der Waals surface area contributed by atoms with Gasteiger partial charge in [0, 0.05) is 18.7 Å². The molecule has 1 fully saturated rings. The fourth-order valence-electron chi connectivity index (χ4n) is 2.20. The van der Waals surface area contributed by atoms with Crippen molar-refractivity contribution in [1.82, 2.24) is 19.7 Å². The molecule has 0 spiro atoms. The zero-order valence-corrected chi connectivity index (χ0v) is 12.9. The SMILES string of the molecule is Cc1nn(C)c(F)c1/C=N\Nc1nc(C2CC2)cc(C(F)(F)F)n1. The number of alkyl halides is 3. The summed E-state index contributed by atoms with van der Waals surface area (Å²) in [5, 5.41) is 7.60. The van der Waals surface area contributed by atoms with Crippen LogP contribution < -0.4 is 5.43 Å². The molecule has 10 heteroatoms. The van der Waals surface area contributed by atoms with Crippen molar-refractivity contribution in [3.63, 3.8) is 0 Å². The summed E-state index contributed by atoms with van der Waals surface area (Å²) in [6.45, 7) is 1.59. The fourth-order valence-corrected chi connectivity index (χ4v) is 2.20. The minimum atomic E-state index is -4.57. The van der Waals surface area contributed by atoms with E-state index in [1.54, 1.807) is 6.92 Å². The minimum absolute atomic E-state index is 0.0247. The van der Waals surface area contributed by atoms with Crippen molar-refractivity contribution in [2.75, 3.05) is 5.43 Å². The number of hydrogen-bond donors (Lipinski definition) is 1. The van der Waals surface area contributed by atoms with Crippen LogP contribution in [0.4, 0.5) is 23.5 Å². The standard InChI is InChI=1S/C14H14F4N6/c1-7-9(12(15)24(2)23-7)6-19-22-13-20-10(8-3-4-8)5-11(21-13)14(16,17)18/h5-6,8H,3-4H2,1-2H3,(H,20,21,22)/b19-6-. The molecule has 2 heterocycles. The topological polar surface area (TPSA) is 68.0 Å². The lowest BCUT2D eigenvalue weighted by molar-refractivity contribution is -0.141. The van der Waals surface area contributed by atoms with Crippen LogP contribution in [-0.4, -0.2) is 26.0 Å². The molecular weight excluding hydrogens is 328 g/mol. The maximum atomic E-state index is 13.7. The molecule has 6 nitrogen and oxygen atoms in total. The zero-order valence-electron chi connectivity index (χ0n) is 12.9. The molecule has 0 saturated heterocycles. The number of aryl methyl sites for hydroxylation is 2. The van der Waals surface area contributed by atoms with Crippen LogP contribution in [0.5, 0.6) is 0 Å². The van der Waals surface area contributed by atoms with Crippen molar-refractivity contribution in [1.29, 1.82) is 0 Å². The molecular formula is C14H14F4N6. The summed E-state index contributed by atoms with van der Waals surface area (Å²) in [6, 6.07) is 0.956. The molecule has 2 aromatic heterocycles. The quantitative estimate of drug-likeness (QED) is 0.527. The summed E-state index contributed by atoms with van der Waals surface area (Å²) in [4.78, 5) is 7.46. The summed E-state index contributed by atoms with van der Waals surface area (Å²) in [5.41, 5.74) is 2.19. The van der Waals surface area contributed by atoms with Gasteiger partial charge >= 0.3 is 6.18 Å². The number of aromatic nitrogens is 4. The summed E-state index contributed by atoms with van der Waals surface area (Å²) in [5.74, 6) is -0.844. The summed E-state index contributed by atoms with van der Waals surface area (Å²) < 4.78 is 53.5. The first-order valence-corrected chi connectivity index (χ1v) is 7.20. The van der Waals surface area contributed by atoms with E-state index in [9.17, 15) is 17.6 Å². The van der Waals surface area contributed by atoms with Crippen molar-refractivity contribution in [2.45, 2.75) is 31.9 Å². The third kappa shape index (κ3) is 3.36. The van der Waals surface area contributed by atoms with E-state index in [0.717, 1.165) is 29.8 Å². The normalized spacial score (nSPS) is 15.2. The molecule has 24 heavy (non-hydrogen) atoms. The Balaban J connectivity index is 1.84. The van der Waals surface area contributed by atoms with Crippen LogP contribution in [0.3, 0.4) is 0 Å². The maximum absolute atomic E-state index is 13.7. The Hall–Kier alpha value is -2.52. The molecule has 0 atom stereocenters. The molecule has 1 N–H and O–H groups in total. The molecule has 1 saturated carbocycles. The van der Waals surface area contributed by atoms with Crippen LogP contribution in [0.25, 0.3) is 0 Å². The average Bonchev–Trinajstić information content (AvgIpc) is 3.31. The molecule has 0 radical (unpaired) electrons. The van der Waals surface area contributed by atoms with Gasteiger partial charge in [-0.2, -0.15) is 27.8 Å². The van der Waals surface area contributed by atoms with Gasteiger partial charge in [0.1, 0.15) is 5.69 Å². The van der Waals surface area contributed by atoms with Crippen molar-refractivity contribution in [2.24, 2.45) is 12.1 Å². The van der Waals surface area contributed by atoms with Gasteiger partial charge in [-0.25, -0.2) is 20.1 Å². The van der Waals surface area contributed by atoms with Crippen molar-refractivity contribution >= 4 is 12.2 Å². The number of rotatable bonds is 4. The van der Waals surface area contributed by atoms with Crippen LogP contribution in [0.1, 0.15) is 41.4 Å². The van der Waals surface area contributed by atoms with Gasteiger partial charge < -0.3 is 0 Å². The first-order chi connectivity index (χ1) is 11.3. The lowest BCUT2D eigenvalue weighted by atomic mass is 10.2. The summed E-state index contributed by atoms with van der Waals surface area (Å²) in [7, 11) is 1.44. The van der Waals surface area contributed by atoms with Gasteiger partial charge in [0.2, 0.25) is 11.9 Å². The van der Waals surface area contributed by atoms with E-state index in [1.807, 2.05) is 0 Å². The fraction of sp³-hybridized carbons (Fsp3) is 0.429. The second-order valence-corrected chi connectivity index (χ2v) is 5.56. The van der Waals surface area contributed by atoms with Gasteiger partial charge in [0.25, 0.3) is 0 Å². The third-order valence-electron chi connectivity index (χ3n) is 3.59. The predicted octanol–water partition coefficient (Wildman–Crippen LogP) is 3.00. The van der Waals surface area contributed by atoms with Crippen LogP contribution in [0.15, 0.2) is 11.2 Å². The largest absolute Gasteiger partial charge is 0.433 e.